The topological polar surface area (TPSA) is 66.6 Å². The fourth-order valence-corrected chi connectivity index (χ4v) is 4.15. The van der Waals surface area contributed by atoms with Crippen LogP contribution in [0.1, 0.15) is 18.2 Å². The molecule has 2 aromatic rings. The predicted molar refractivity (Wildman–Crippen MR) is 91.5 cm³/mol. The van der Waals surface area contributed by atoms with Gasteiger partial charge in [-0.1, -0.05) is 12.1 Å². The molecule has 2 unspecified atom stereocenters. The van der Waals surface area contributed by atoms with E-state index in [1.165, 1.54) is 4.88 Å². The maximum absolute atomic E-state index is 11.2. The molecule has 1 fully saturated rings. The monoisotopic (exact) mass is 332 g/mol. The summed E-state index contributed by atoms with van der Waals surface area (Å²) < 4.78 is 0. The first kappa shape index (κ1) is 16.1. The third kappa shape index (κ3) is 3.60. The van der Waals surface area contributed by atoms with E-state index in [1.807, 2.05) is 25.1 Å². The molecule has 122 valence electrons. The Morgan fingerprint density at radius 2 is 2.17 bits per heavy atom. The number of thiophene rings is 1. The molecule has 5 nitrogen and oxygen atoms in total. The highest BCUT2D eigenvalue weighted by molar-refractivity contribution is 7.15. The molecule has 0 radical (unpaired) electrons. The molecule has 1 saturated heterocycles. The average molecular weight is 332 g/mol. The number of para-hydroxylation sites is 1. The molecule has 0 spiro atoms. The lowest BCUT2D eigenvalue weighted by atomic mass is 10.0. The number of hydrogen-bond acceptors (Lipinski definition) is 5. The van der Waals surface area contributed by atoms with Crippen molar-refractivity contribution < 1.29 is 10.0 Å². The van der Waals surface area contributed by atoms with Gasteiger partial charge in [-0.2, -0.15) is 0 Å². The van der Waals surface area contributed by atoms with E-state index in [2.05, 4.69) is 4.90 Å². The molecule has 0 bridgehead atoms. The maximum atomic E-state index is 11.2. The van der Waals surface area contributed by atoms with Crippen molar-refractivity contribution in [3.05, 3.63) is 51.4 Å². The molecule has 3 rings (SSSR count). The lowest BCUT2D eigenvalue weighted by molar-refractivity contribution is -0.384. The van der Waals surface area contributed by atoms with E-state index >= 15 is 0 Å². The van der Waals surface area contributed by atoms with E-state index in [0.29, 0.717) is 11.5 Å². The molecule has 0 saturated carbocycles. The zero-order valence-corrected chi connectivity index (χ0v) is 13.8. The van der Waals surface area contributed by atoms with Crippen molar-refractivity contribution in [3.63, 3.8) is 0 Å². The molecule has 6 heteroatoms. The van der Waals surface area contributed by atoms with Crippen molar-refractivity contribution in [2.75, 3.05) is 13.1 Å². The molecule has 1 aliphatic rings. The van der Waals surface area contributed by atoms with Crippen molar-refractivity contribution >= 4 is 17.0 Å². The summed E-state index contributed by atoms with van der Waals surface area (Å²) in [6, 6.07) is 10.9. The van der Waals surface area contributed by atoms with Gasteiger partial charge >= 0.3 is 0 Å². The Bertz CT molecular complexity index is 699. The SMILES string of the molecule is CC(O)C1CCN(Cc2ccc(-c3ccccc3[N+](=O)[O-])s2)C1. The highest BCUT2D eigenvalue weighted by Crippen LogP contribution is 2.35. The first-order chi connectivity index (χ1) is 11.0. The number of nitrogens with zero attached hydrogens (tertiary/aromatic N) is 2. The maximum Gasteiger partial charge on any atom is 0.278 e. The smallest absolute Gasteiger partial charge is 0.278 e. The number of nitro groups is 1. The van der Waals surface area contributed by atoms with E-state index in [1.54, 1.807) is 29.5 Å². The van der Waals surface area contributed by atoms with Gasteiger partial charge in [-0.3, -0.25) is 15.0 Å². The first-order valence-corrected chi connectivity index (χ1v) is 8.59. The fraction of sp³-hybridized carbons (Fsp3) is 0.412. The van der Waals surface area contributed by atoms with Gasteiger partial charge in [0.15, 0.2) is 0 Å². The van der Waals surface area contributed by atoms with E-state index in [9.17, 15) is 15.2 Å². The molecular weight excluding hydrogens is 312 g/mol. The second kappa shape index (κ2) is 6.78. The minimum Gasteiger partial charge on any atom is -0.393 e. The second-order valence-electron chi connectivity index (χ2n) is 6.06. The Balaban J connectivity index is 1.73. The van der Waals surface area contributed by atoms with Crippen LogP contribution in [0.5, 0.6) is 0 Å². The number of aliphatic hydroxyl groups is 1. The van der Waals surface area contributed by atoms with Crippen molar-refractivity contribution in [2.24, 2.45) is 5.92 Å². The van der Waals surface area contributed by atoms with E-state index in [-0.39, 0.29) is 16.7 Å². The van der Waals surface area contributed by atoms with Gasteiger partial charge in [0.25, 0.3) is 5.69 Å². The van der Waals surface area contributed by atoms with Crippen LogP contribution in [0.4, 0.5) is 5.69 Å². The van der Waals surface area contributed by atoms with Crippen LogP contribution >= 0.6 is 11.3 Å². The summed E-state index contributed by atoms with van der Waals surface area (Å²) in [5, 5.41) is 20.8. The Hall–Kier alpha value is -1.76. The van der Waals surface area contributed by atoms with Crippen LogP contribution in [0.3, 0.4) is 0 Å². The number of likely N-dealkylation sites (tertiary alicyclic amines) is 1. The number of hydrogen-bond donors (Lipinski definition) is 1. The molecule has 0 aliphatic carbocycles. The highest BCUT2D eigenvalue weighted by atomic mass is 32.1. The Labute approximate surface area is 139 Å². The minimum absolute atomic E-state index is 0.149. The molecule has 1 aromatic carbocycles. The third-order valence-corrected chi connectivity index (χ3v) is 5.50. The van der Waals surface area contributed by atoms with E-state index in [0.717, 1.165) is 30.9 Å². The summed E-state index contributed by atoms with van der Waals surface area (Å²) in [6.45, 7) is 4.60. The lowest BCUT2D eigenvalue weighted by Gasteiger charge is -2.16. The Morgan fingerprint density at radius 1 is 1.39 bits per heavy atom. The van der Waals surface area contributed by atoms with Crippen molar-refractivity contribution in [2.45, 2.75) is 26.0 Å². The normalized spacial score (nSPS) is 19.8. The van der Waals surface area contributed by atoms with Crippen LogP contribution in [-0.2, 0) is 6.54 Å². The van der Waals surface area contributed by atoms with Gasteiger partial charge in [0.1, 0.15) is 0 Å². The molecule has 1 aliphatic heterocycles. The van der Waals surface area contributed by atoms with Crippen LogP contribution in [0, 0.1) is 16.0 Å². The van der Waals surface area contributed by atoms with Crippen LogP contribution in [0.2, 0.25) is 0 Å². The third-order valence-electron chi connectivity index (χ3n) is 4.40. The van der Waals surface area contributed by atoms with Crippen LogP contribution in [0.25, 0.3) is 10.4 Å². The van der Waals surface area contributed by atoms with Gasteiger partial charge in [0.2, 0.25) is 0 Å². The largest absolute Gasteiger partial charge is 0.393 e. The predicted octanol–water partition coefficient (Wildman–Crippen LogP) is 3.53. The second-order valence-corrected chi connectivity index (χ2v) is 7.23. The quantitative estimate of drug-likeness (QED) is 0.672. The first-order valence-electron chi connectivity index (χ1n) is 7.77. The zero-order chi connectivity index (χ0) is 16.4. The molecule has 1 N–H and O–H groups in total. The molecule has 2 heterocycles. The highest BCUT2D eigenvalue weighted by Gasteiger charge is 2.26. The summed E-state index contributed by atoms with van der Waals surface area (Å²) in [6.07, 6.45) is 0.769. The zero-order valence-electron chi connectivity index (χ0n) is 13.0. The molecule has 1 aromatic heterocycles. The summed E-state index contributed by atoms with van der Waals surface area (Å²) in [5.41, 5.74) is 0.827. The molecule has 23 heavy (non-hydrogen) atoms. The number of aliphatic hydroxyl groups excluding tert-OH is 1. The molecular formula is C17H20N2O3S. The standard InChI is InChI=1S/C17H20N2O3S/c1-12(20)13-8-9-18(10-13)11-14-6-7-17(23-14)15-4-2-3-5-16(15)19(21)22/h2-7,12-13,20H,8-11H2,1H3. The van der Waals surface area contributed by atoms with Crippen molar-refractivity contribution in [3.8, 4) is 10.4 Å². The van der Waals surface area contributed by atoms with Crippen LogP contribution in [0.15, 0.2) is 36.4 Å². The number of benzene rings is 1. The van der Waals surface area contributed by atoms with Gasteiger partial charge in [-0.05, 0) is 44.0 Å². The Kier molecular flexibility index (Phi) is 4.75. The van der Waals surface area contributed by atoms with Gasteiger partial charge in [0.05, 0.1) is 16.6 Å². The summed E-state index contributed by atoms with van der Waals surface area (Å²) >= 11 is 1.61. The van der Waals surface area contributed by atoms with Crippen LogP contribution < -0.4 is 0 Å². The molecule has 2 atom stereocenters. The summed E-state index contributed by atoms with van der Waals surface area (Å²) in [5.74, 6) is 0.352. The minimum atomic E-state index is -0.331. The number of rotatable bonds is 5. The van der Waals surface area contributed by atoms with E-state index in [4.69, 9.17) is 0 Å². The van der Waals surface area contributed by atoms with Gasteiger partial charge in [-0.15, -0.1) is 11.3 Å². The van der Waals surface area contributed by atoms with Crippen molar-refractivity contribution in [1.82, 2.24) is 4.90 Å². The Morgan fingerprint density at radius 3 is 2.87 bits per heavy atom. The average Bonchev–Trinajstić information content (AvgIpc) is 3.17. The summed E-state index contributed by atoms with van der Waals surface area (Å²) in [7, 11) is 0. The van der Waals surface area contributed by atoms with Gasteiger partial charge in [-0.25, -0.2) is 0 Å². The molecule has 0 amide bonds. The summed E-state index contributed by atoms with van der Waals surface area (Å²) in [4.78, 5) is 15.3. The van der Waals surface area contributed by atoms with Gasteiger partial charge in [0, 0.05) is 28.9 Å². The van der Waals surface area contributed by atoms with Gasteiger partial charge < -0.3 is 5.11 Å². The fourth-order valence-electron chi connectivity index (χ4n) is 3.07. The lowest BCUT2D eigenvalue weighted by Crippen LogP contribution is -2.23. The van der Waals surface area contributed by atoms with Crippen molar-refractivity contribution in [1.29, 1.82) is 0 Å². The van der Waals surface area contributed by atoms with E-state index < -0.39 is 0 Å². The van der Waals surface area contributed by atoms with Crippen LogP contribution in [-0.4, -0.2) is 34.1 Å². The number of nitro benzene ring substituents is 1.